The highest BCUT2D eigenvalue weighted by molar-refractivity contribution is 6.45. The molecule has 0 saturated heterocycles. The van der Waals surface area contributed by atoms with Gasteiger partial charge >= 0.3 is 0 Å². The zero-order chi connectivity index (χ0) is 14.2. The average Bonchev–Trinajstić information content (AvgIpc) is 2.64. The van der Waals surface area contributed by atoms with Crippen molar-refractivity contribution in [3.05, 3.63) is 36.0 Å². The Balaban J connectivity index is 2.40. The monoisotopic (exact) mass is 258 g/mol. The van der Waals surface area contributed by atoms with E-state index >= 15 is 0 Å². The fourth-order valence-corrected chi connectivity index (χ4v) is 2.04. The Kier molecular flexibility index (Phi) is 3.18. The molecule has 0 unspecified atom stereocenters. The zero-order valence-corrected chi connectivity index (χ0v) is 11.7. The molecule has 1 amide bonds. The quantitative estimate of drug-likeness (QED) is 0.663. The predicted octanol–water partition coefficient (Wildman–Crippen LogP) is 2.28. The van der Waals surface area contributed by atoms with Gasteiger partial charge in [-0.15, -0.1) is 0 Å². The molecule has 100 valence electrons. The molecule has 19 heavy (non-hydrogen) atoms. The van der Waals surface area contributed by atoms with E-state index in [-0.39, 0.29) is 0 Å². The van der Waals surface area contributed by atoms with Crippen molar-refractivity contribution in [2.75, 3.05) is 0 Å². The minimum atomic E-state index is -0.566. The second kappa shape index (κ2) is 4.53. The van der Waals surface area contributed by atoms with Gasteiger partial charge in [0.2, 0.25) is 0 Å². The van der Waals surface area contributed by atoms with Crippen molar-refractivity contribution in [1.82, 2.24) is 9.88 Å². The van der Waals surface area contributed by atoms with Gasteiger partial charge in [-0.2, -0.15) is 0 Å². The maximum atomic E-state index is 12.2. The number of carbonyl (C=O) groups excluding carboxylic acids is 2. The highest BCUT2D eigenvalue weighted by atomic mass is 16.2. The van der Waals surface area contributed by atoms with E-state index in [1.54, 1.807) is 6.20 Å². The summed E-state index contributed by atoms with van der Waals surface area (Å²) in [6, 6.07) is 7.55. The van der Waals surface area contributed by atoms with Crippen molar-refractivity contribution in [1.29, 1.82) is 0 Å². The number of para-hydroxylation sites is 1. The van der Waals surface area contributed by atoms with Gasteiger partial charge < -0.3 is 9.88 Å². The van der Waals surface area contributed by atoms with Crippen LogP contribution in [0.15, 0.2) is 30.5 Å². The van der Waals surface area contributed by atoms with Gasteiger partial charge in [0.25, 0.3) is 11.7 Å². The van der Waals surface area contributed by atoms with Gasteiger partial charge in [-0.25, -0.2) is 0 Å². The van der Waals surface area contributed by atoms with E-state index in [1.807, 2.05) is 56.7 Å². The lowest BCUT2D eigenvalue weighted by Gasteiger charge is -2.19. The third-order valence-electron chi connectivity index (χ3n) is 2.84. The normalized spacial score (nSPS) is 11.6. The molecule has 2 aromatic rings. The summed E-state index contributed by atoms with van der Waals surface area (Å²) in [5.74, 6) is -1.06. The lowest BCUT2D eigenvalue weighted by molar-refractivity contribution is -0.118. The maximum Gasteiger partial charge on any atom is 0.292 e. The van der Waals surface area contributed by atoms with E-state index < -0.39 is 17.2 Å². The van der Waals surface area contributed by atoms with Crippen LogP contribution in [0.4, 0.5) is 0 Å². The molecule has 4 nitrogen and oxygen atoms in total. The van der Waals surface area contributed by atoms with Crippen molar-refractivity contribution in [3.63, 3.8) is 0 Å². The fourth-order valence-electron chi connectivity index (χ4n) is 2.04. The molecule has 0 atom stereocenters. The first kappa shape index (κ1) is 13.3. The first-order chi connectivity index (χ1) is 8.79. The molecule has 0 aliphatic rings. The number of aryl methyl sites for hydroxylation is 1. The SMILES string of the molecule is Cn1cc(C(=O)C(=O)NC(C)(C)C)c2ccccc21. The van der Waals surface area contributed by atoms with Crippen LogP contribution in [-0.4, -0.2) is 21.8 Å². The molecule has 0 aliphatic heterocycles. The van der Waals surface area contributed by atoms with Gasteiger partial charge in [0.05, 0.1) is 5.56 Å². The number of amides is 1. The molecule has 0 aliphatic carbocycles. The number of aromatic nitrogens is 1. The van der Waals surface area contributed by atoms with Crippen LogP contribution in [0.3, 0.4) is 0 Å². The highest BCUT2D eigenvalue weighted by Gasteiger charge is 2.24. The number of fused-ring (bicyclic) bond motifs is 1. The number of hydrogen-bond acceptors (Lipinski definition) is 2. The zero-order valence-electron chi connectivity index (χ0n) is 11.7. The third kappa shape index (κ3) is 2.67. The minimum Gasteiger partial charge on any atom is -0.350 e. The second-order valence-corrected chi connectivity index (χ2v) is 5.70. The van der Waals surface area contributed by atoms with Gasteiger partial charge in [-0.05, 0) is 26.8 Å². The molecule has 1 heterocycles. The number of ketones is 1. The average molecular weight is 258 g/mol. The number of Topliss-reactive ketones (excluding diaryl/α,β-unsaturated/α-hetero) is 1. The van der Waals surface area contributed by atoms with Crippen LogP contribution in [0.5, 0.6) is 0 Å². The molecule has 1 aromatic carbocycles. The van der Waals surface area contributed by atoms with Gasteiger partial charge in [0.1, 0.15) is 0 Å². The minimum absolute atomic E-state index is 0.419. The lowest BCUT2D eigenvalue weighted by atomic mass is 10.1. The van der Waals surface area contributed by atoms with Crippen LogP contribution >= 0.6 is 0 Å². The summed E-state index contributed by atoms with van der Waals surface area (Å²) in [6.45, 7) is 5.55. The molecule has 0 saturated carbocycles. The van der Waals surface area contributed by atoms with Crippen molar-refractivity contribution in [2.45, 2.75) is 26.3 Å². The summed E-state index contributed by atoms with van der Waals surface area (Å²) in [4.78, 5) is 24.2. The van der Waals surface area contributed by atoms with Crippen molar-refractivity contribution >= 4 is 22.6 Å². The van der Waals surface area contributed by atoms with Crippen LogP contribution in [0.2, 0.25) is 0 Å². The smallest absolute Gasteiger partial charge is 0.292 e. The molecule has 2 rings (SSSR count). The Hall–Kier alpha value is -2.10. The van der Waals surface area contributed by atoms with Crippen LogP contribution in [0.1, 0.15) is 31.1 Å². The van der Waals surface area contributed by atoms with Gasteiger partial charge in [-0.1, -0.05) is 18.2 Å². The molecular formula is C15H18N2O2. The van der Waals surface area contributed by atoms with Gasteiger partial charge in [0.15, 0.2) is 0 Å². The molecule has 0 radical (unpaired) electrons. The van der Waals surface area contributed by atoms with E-state index in [1.165, 1.54) is 0 Å². The second-order valence-electron chi connectivity index (χ2n) is 5.70. The largest absolute Gasteiger partial charge is 0.350 e. The molecule has 4 heteroatoms. The van der Waals surface area contributed by atoms with E-state index in [0.29, 0.717) is 5.56 Å². The molecular weight excluding hydrogens is 240 g/mol. The number of nitrogens with zero attached hydrogens (tertiary/aromatic N) is 1. The number of benzene rings is 1. The Morgan fingerprint density at radius 1 is 1.16 bits per heavy atom. The summed E-state index contributed by atoms with van der Waals surface area (Å²) in [5.41, 5.74) is 0.964. The van der Waals surface area contributed by atoms with Crippen molar-refractivity contribution in [3.8, 4) is 0 Å². The standard InChI is InChI=1S/C15H18N2O2/c1-15(2,3)16-14(19)13(18)11-9-17(4)12-8-6-5-7-10(11)12/h5-9H,1-4H3,(H,16,19). The van der Waals surface area contributed by atoms with Crippen LogP contribution in [0, 0.1) is 0 Å². The third-order valence-corrected chi connectivity index (χ3v) is 2.84. The summed E-state index contributed by atoms with van der Waals surface area (Å²) in [5, 5.41) is 3.50. The predicted molar refractivity (Wildman–Crippen MR) is 75.1 cm³/mol. The van der Waals surface area contributed by atoms with E-state index in [0.717, 1.165) is 10.9 Å². The summed E-state index contributed by atoms with van der Waals surface area (Å²) in [6.07, 6.45) is 1.70. The van der Waals surface area contributed by atoms with Gasteiger partial charge in [-0.3, -0.25) is 9.59 Å². The molecule has 0 spiro atoms. The lowest BCUT2D eigenvalue weighted by Crippen LogP contribution is -2.44. The Morgan fingerprint density at radius 2 is 1.79 bits per heavy atom. The molecule has 0 bridgehead atoms. The Labute approximate surface area is 112 Å². The molecule has 0 fully saturated rings. The first-order valence-corrected chi connectivity index (χ1v) is 6.20. The van der Waals surface area contributed by atoms with E-state index in [2.05, 4.69) is 5.32 Å². The maximum absolute atomic E-state index is 12.2. The van der Waals surface area contributed by atoms with Crippen LogP contribution in [0.25, 0.3) is 10.9 Å². The van der Waals surface area contributed by atoms with Gasteiger partial charge in [0, 0.05) is 29.7 Å². The highest BCUT2D eigenvalue weighted by Crippen LogP contribution is 2.20. The van der Waals surface area contributed by atoms with Crippen LogP contribution in [-0.2, 0) is 11.8 Å². The number of nitrogens with one attached hydrogen (secondary N) is 1. The van der Waals surface area contributed by atoms with E-state index in [4.69, 9.17) is 0 Å². The molecule has 1 N–H and O–H groups in total. The van der Waals surface area contributed by atoms with Crippen molar-refractivity contribution in [2.24, 2.45) is 7.05 Å². The topological polar surface area (TPSA) is 51.1 Å². The molecule has 1 aromatic heterocycles. The van der Waals surface area contributed by atoms with E-state index in [9.17, 15) is 9.59 Å². The summed E-state index contributed by atoms with van der Waals surface area (Å²) < 4.78 is 1.85. The van der Waals surface area contributed by atoms with Crippen molar-refractivity contribution < 1.29 is 9.59 Å². The number of hydrogen-bond donors (Lipinski definition) is 1. The fraction of sp³-hybridized carbons (Fsp3) is 0.333. The summed E-state index contributed by atoms with van der Waals surface area (Å²) in [7, 11) is 1.86. The first-order valence-electron chi connectivity index (χ1n) is 6.20. The Bertz CT molecular complexity index is 648. The Morgan fingerprint density at radius 3 is 2.42 bits per heavy atom. The summed E-state index contributed by atoms with van der Waals surface area (Å²) >= 11 is 0. The number of carbonyl (C=O) groups is 2. The number of rotatable bonds is 2. The van der Waals surface area contributed by atoms with Crippen LogP contribution < -0.4 is 5.32 Å².